The molecule has 1 aromatic heterocycles. The van der Waals surface area contributed by atoms with Crippen LogP contribution in [0, 0.1) is 0 Å². The maximum absolute atomic E-state index is 11.4. The van der Waals surface area contributed by atoms with E-state index in [4.69, 9.17) is 4.74 Å². The summed E-state index contributed by atoms with van der Waals surface area (Å²) >= 11 is 1.64. The normalized spacial score (nSPS) is 10.4. The quantitative estimate of drug-likeness (QED) is 0.826. The van der Waals surface area contributed by atoms with Crippen molar-refractivity contribution < 1.29 is 14.3 Å². The molecule has 2 aromatic rings. The number of thiazole rings is 1. The van der Waals surface area contributed by atoms with E-state index in [2.05, 4.69) is 10.3 Å². The van der Waals surface area contributed by atoms with Gasteiger partial charge in [0.15, 0.2) is 6.61 Å². The van der Waals surface area contributed by atoms with Crippen molar-refractivity contribution >= 4 is 33.4 Å². The van der Waals surface area contributed by atoms with E-state index in [0.717, 1.165) is 21.6 Å². The Morgan fingerprint density at radius 1 is 1.35 bits per heavy atom. The lowest BCUT2D eigenvalue weighted by atomic mass is 10.2. The summed E-state index contributed by atoms with van der Waals surface area (Å²) in [5.41, 5.74) is 0.995. The zero-order valence-electron chi connectivity index (χ0n) is 11.2. The largest absolute Gasteiger partial charge is 0.456 e. The Balaban J connectivity index is 1.75. The maximum atomic E-state index is 11.4. The number of esters is 1. The van der Waals surface area contributed by atoms with Crippen LogP contribution < -0.4 is 5.32 Å². The van der Waals surface area contributed by atoms with Gasteiger partial charge in [-0.15, -0.1) is 11.3 Å². The van der Waals surface area contributed by atoms with Crippen LogP contribution in [-0.2, 0) is 20.7 Å². The maximum Gasteiger partial charge on any atom is 0.306 e. The highest BCUT2D eigenvalue weighted by molar-refractivity contribution is 7.18. The van der Waals surface area contributed by atoms with E-state index in [1.54, 1.807) is 11.3 Å². The number of aryl methyl sites for hydroxylation is 1. The zero-order valence-corrected chi connectivity index (χ0v) is 12.0. The van der Waals surface area contributed by atoms with Crippen LogP contribution in [-0.4, -0.2) is 30.5 Å². The molecule has 2 rings (SSSR count). The Hall–Kier alpha value is -1.95. The molecule has 0 aliphatic carbocycles. The number of carbonyl (C=O) groups is 2. The monoisotopic (exact) mass is 292 g/mol. The van der Waals surface area contributed by atoms with Crippen molar-refractivity contribution in [2.75, 3.05) is 13.7 Å². The third-order valence-electron chi connectivity index (χ3n) is 2.75. The number of ether oxygens (including phenoxy) is 1. The number of benzene rings is 1. The summed E-state index contributed by atoms with van der Waals surface area (Å²) in [5.74, 6) is -0.653. The fourth-order valence-electron chi connectivity index (χ4n) is 1.70. The van der Waals surface area contributed by atoms with E-state index in [1.165, 1.54) is 7.05 Å². The number of fused-ring (bicyclic) bond motifs is 1. The lowest BCUT2D eigenvalue weighted by Crippen LogP contribution is -2.25. The van der Waals surface area contributed by atoms with E-state index < -0.39 is 0 Å². The second kappa shape index (κ2) is 7.00. The van der Waals surface area contributed by atoms with Gasteiger partial charge in [0, 0.05) is 13.5 Å². The number of nitrogens with one attached hydrogen (secondary N) is 1. The van der Waals surface area contributed by atoms with Crippen LogP contribution in [0.15, 0.2) is 24.3 Å². The second-order valence-corrected chi connectivity index (χ2v) is 5.38. The number of hydrogen-bond acceptors (Lipinski definition) is 5. The van der Waals surface area contributed by atoms with Gasteiger partial charge in [0.1, 0.15) is 0 Å². The standard InChI is InChI=1S/C14H16N2O3S/c1-15-12(17)9-19-14(18)8-4-7-13-16-10-5-2-3-6-11(10)20-13/h2-3,5-6H,4,7-9H2,1H3,(H,15,17). The highest BCUT2D eigenvalue weighted by atomic mass is 32.1. The molecule has 6 heteroatoms. The minimum Gasteiger partial charge on any atom is -0.456 e. The molecule has 1 N–H and O–H groups in total. The van der Waals surface area contributed by atoms with E-state index >= 15 is 0 Å². The molecule has 0 saturated heterocycles. The van der Waals surface area contributed by atoms with Gasteiger partial charge in [-0.2, -0.15) is 0 Å². The smallest absolute Gasteiger partial charge is 0.306 e. The van der Waals surface area contributed by atoms with Gasteiger partial charge in [-0.25, -0.2) is 4.98 Å². The summed E-state index contributed by atoms with van der Waals surface area (Å²) in [6.07, 6.45) is 1.72. The predicted octanol–water partition coefficient (Wildman–Crippen LogP) is 1.91. The number of aromatic nitrogens is 1. The van der Waals surface area contributed by atoms with Gasteiger partial charge in [-0.05, 0) is 25.0 Å². The summed E-state index contributed by atoms with van der Waals surface area (Å²) in [4.78, 5) is 26.8. The SMILES string of the molecule is CNC(=O)COC(=O)CCCc1nc2ccccc2s1. The van der Waals surface area contributed by atoms with Gasteiger partial charge in [-0.3, -0.25) is 9.59 Å². The molecule has 0 spiro atoms. The van der Waals surface area contributed by atoms with Gasteiger partial charge in [0.25, 0.3) is 5.91 Å². The van der Waals surface area contributed by atoms with Gasteiger partial charge >= 0.3 is 5.97 Å². The fourth-order valence-corrected chi connectivity index (χ4v) is 2.71. The van der Waals surface area contributed by atoms with E-state index in [0.29, 0.717) is 12.8 Å². The Bertz CT molecular complexity index is 576. The molecule has 0 bridgehead atoms. The Kier molecular flexibility index (Phi) is 5.06. The first-order valence-corrected chi connectivity index (χ1v) is 7.21. The van der Waals surface area contributed by atoms with Crippen molar-refractivity contribution in [1.82, 2.24) is 10.3 Å². The molecule has 0 atom stereocenters. The average Bonchev–Trinajstić information content (AvgIpc) is 2.87. The van der Waals surface area contributed by atoms with Crippen LogP contribution in [0.1, 0.15) is 17.8 Å². The summed E-state index contributed by atoms with van der Waals surface area (Å²) in [5, 5.41) is 3.41. The first-order valence-electron chi connectivity index (χ1n) is 6.39. The van der Waals surface area contributed by atoms with Crippen molar-refractivity contribution in [2.45, 2.75) is 19.3 Å². The molecule has 5 nitrogen and oxygen atoms in total. The first kappa shape index (κ1) is 14.5. The molecule has 106 valence electrons. The number of carbonyl (C=O) groups excluding carboxylic acids is 2. The highest BCUT2D eigenvalue weighted by Crippen LogP contribution is 2.22. The van der Waals surface area contributed by atoms with Crippen LogP contribution in [0.5, 0.6) is 0 Å². The molecule has 1 aromatic carbocycles. The molecular formula is C14H16N2O3S. The number of likely N-dealkylation sites (N-methyl/N-ethyl adjacent to an activating group) is 1. The number of rotatable bonds is 6. The molecular weight excluding hydrogens is 276 g/mol. The Labute approximate surface area is 121 Å². The molecule has 0 aliphatic heterocycles. The van der Waals surface area contributed by atoms with E-state index in [9.17, 15) is 9.59 Å². The van der Waals surface area contributed by atoms with Crippen molar-refractivity contribution in [2.24, 2.45) is 0 Å². The minimum atomic E-state index is -0.352. The fraction of sp³-hybridized carbons (Fsp3) is 0.357. The van der Waals surface area contributed by atoms with Gasteiger partial charge in [0.05, 0.1) is 15.2 Å². The third-order valence-corrected chi connectivity index (χ3v) is 3.85. The predicted molar refractivity (Wildman–Crippen MR) is 77.6 cm³/mol. The summed E-state index contributed by atoms with van der Waals surface area (Å²) in [6.45, 7) is -0.212. The average molecular weight is 292 g/mol. The van der Waals surface area contributed by atoms with Crippen molar-refractivity contribution in [3.05, 3.63) is 29.3 Å². The van der Waals surface area contributed by atoms with Crippen LogP contribution >= 0.6 is 11.3 Å². The van der Waals surface area contributed by atoms with Gasteiger partial charge in [0.2, 0.25) is 0 Å². The number of amides is 1. The summed E-state index contributed by atoms with van der Waals surface area (Å²) < 4.78 is 5.98. The molecule has 0 radical (unpaired) electrons. The third kappa shape index (κ3) is 4.03. The number of para-hydroxylation sites is 1. The van der Waals surface area contributed by atoms with E-state index in [1.807, 2.05) is 24.3 Å². The zero-order chi connectivity index (χ0) is 14.4. The van der Waals surface area contributed by atoms with Crippen LogP contribution in [0.2, 0.25) is 0 Å². The van der Waals surface area contributed by atoms with Crippen molar-refractivity contribution in [3.8, 4) is 0 Å². The molecule has 0 saturated carbocycles. The molecule has 1 heterocycles. The topological polar surface area (TPSA) is 68.3 Å². The number of nitrogens with zero attached hydrogens (tertiary/aromatic N) is 1. The Morgan fingerprint density at radius 3 is 2.90 bits per heavy atom. The summed E-state index contributed by atoms with van der Waals surface area (Å²) in [7, 11) is 1.50. The lowest BCUT2D eigenvalue weighted by molar-refractivity contribution is -0.148. The molecule has 20 heavy (non-hydrogen) atoms. The molecule has 0 unspecified atom stereocenters. The number of hydrogen-bond donors (Lipinski definition) is 1. The molecule has 0 fully saturated rings. The second-order valence-electron chi connectivity index (χ2n) is 4.26. The molecule has 0 aliphatic rings. The van der Waals surface area contributed by atoms with Crippen molar-refractivity contribution in [1.29, 1.82) is 0 Å². The minimum absolute atomic E-state index is 0.212. The van der Waals surface area contributed by atoms with E-state index in [-0.39, 0.29) is 18.5 Å². The van der Waals surface area contributed by atoms with Crippen LogP contribution in [0.25, 0.3) is 10.2 Å². The lowest BCUT2D eigenvalue weighted by Gasteiger charge is -2.02. The van der Waals surface area contributed by atoms with Crippen LogP contribution in [0.4, 0.5) is 0 Å². The highest BCUT2D eigenvalue weighted by Gasteiger charge is 2.08. The Morgan fingerprint density at radius 2 is 2.15 bits per heavy atom. The molecule has 1 amide bonds. The first-order chi connectivity index (χ1) is 9.69. The van der Waals surface area contributed by atoms with Crippen molar-refractivity contribution in [3.63, 3.8) is 0 Å². The van der Waals surface area contributed by atoms with Gasteiger partial charge in [-0.1, -0.05) is 12.1 Å². The van der Waals surface area contributed by atoms with Gasteiger partial charge < -0.3 is 10.1 Å². The summed E-state index contributed by atoms with van der Waals surface area (Å²) in [6, 6.07) is 7.96. The van der Waals surface area contributed by atoms with Crippen LogP contribution in [0.3, 0.4) is 0 Å².